The Hall–Kier alpha value is -2.19. The average molecular weight is 345 g/mol. The summed E-state index contributed by atoms with van der Waals surface area (Å²) < 4.78 is 12.7. The van der Waals surface area contributed by atoms with Crippen molar-refractivity contribution in [1.29, 1.82) is 0 Å². The molecule has 2 aromatic heterocycles. The van der Waals surface area contributed by atoms with Crippen molar-refractivity contribution >= 4 is 5.91 Å². The number of imidazole rings is 1. The summed E-state index contributed by atoms with van der Waals surface area (Å²) in [6.45, 7) is 8.25. The number of morpholine rings is 1. The number of ether oxygens (including phenoxy) is 1. The second-order valence-corrected chi connectivity index (χ2v) is 6.78. The predicted octanol–water partition coefficient (Wildman–Crippen LogP) is 0.784. The van der Waals surface area contributed by atoms with Crippen molar-refractivity contribution in [3.8, 4) is 0 Å². The minimum Gasteiger partial charge on any atom is -0.379 e. The first kappa shape index (κ1) is 16.3. The van der Waals surface area contributed by atoms with E-state index < -0.39 is 0 Å². The third-order valence-electron chi connectivity index (χ3n) is 4.82. The Morgan fingerprint density at radius 1 is 1.32 bits per heavy atom. The number of aromatic nitrogens is 3. The minimum atomic E-state index is -0.0970. The molecular weight excluding hydrogens is 322 g/mol. The molecule has 1 atom stereocenters. The quantitative estimate of drug-likeness (QED) is 0.818. The molecule has 2 aromatic rings. The standard InChI is InChI=1S/C17H23N5O3/c1-13-8-15(19-25-13)17(23)22-11-14(9-20-4-6-24-7-5-20)10-21-3-2-18-16(21)12-22/h2-3,8,14H,4-7,9-12H2,1H3/t14-/m1/s1. The van der Waals surface area contributed by atoms with Crippen molar-refractivity contribution in [2.75, 3.05) is 39.4 Å². The molecule has 4 heterocycles. The van der Waals surface area contributed by atoms with Crippen LogP contribution >= 0.6 is 0 Å². The summed E-state index contributed by atoms with van der Waals surface area (Å²) in [6, 6.07) is 1.69. The number of hydrogen-bond acceptors (Lipinski definition) is 6. The lowest BCUT2D eigenvalue weighted by Gasteiger charge is -2.31. The first-order valence-corrected chi connectivity index (χ1v) is 8.72. The Kier molecular flexibility index (Phi) is 4.54. The van der Waals surface area contributed by atoms with E-state index in [0.717, 1.165) is 45.2 Å². The number of hydrogen-bond donors (Lipinski definition) is 0. The number of carbonyl (C=O) groups excluding carboxylic acids is 1. The summed E-state index contributed by atoms with van der Waals surface area (Å²) in [7, 11) is 0. The number of rotatable bonds is 3. The molecular formula is C17H23N5O3. The van der Waals surface area contributed by atoms with Crippen molar-refractivity contribution in [2.45, 2.75) is 20.0 Å². The largest absolute Gasteiger partial charge is 0.379 e. The van der Waals surface area contributed by atoms with E-state index in [-0.39, 0.29) is 5.91 Å². The van der Waals surface area contributed by atoms with Gasteiger partial charge in [0.05, 0.1) is 19.8 Å². The first-order chi connectivity index (χ1) is 12.2. The van der Waals surface area contributed by atoms with Gasteiger partial charge in [0.1, 0.15) is 11.6 Å². The van der Waals surface area contributed by atoms with E-state index in [0.29, 0.717) is 30.5 Å². The van der Waals surface area contributed by atoms with Crippen LogP contribution in [0.25, 0.3) is 0 Å². The lowest BCUT2D eigenvalue weighted by atomic mass is 10.1. The third kappa shape index (κ3) is 3.59. The smallest absolute Gasteiger partial charge is 0.276 e. The summed E-state index contributed by atoms with van der Waals surface area (Å²) >= 11 is 0. The van der Waals surface area contributed by atoms with Gasteiger partial charge >= 0.3 is 0 Å². The molecule has 8 nitrogen and oxygen atoms in total. The molecule has 2 aliphatic rings. The van der Waals surface area contributed by atoms with Crippen LogP contribution in [-0.2, 0) is 17.8 Å². The van der Waals surface area contributed by atoms with Gasteiger partial charge in [0.2, 0.25) is 0 Å². The molecule has 4 rings (SSSR count). The van der Waals surface area contributed by atoms with Crippen molar-refractivity contribution in [2.24, 2.45) is 5.92 Å². The fourth-order valence-corrected chi connectivity index (χ4v) is 3.59. The summed E-state index contributed by atoms with van der Waals surface area (Å²) in [5.41, 5.74) is 0.364. The highest BCUT2D eigenvalue weighted by Crippen LogP contribution is 2.19. The van der Waals surface area contributed by atoms with E-state index in [1.165, 1.54) is 0 Å². The molecule has 0 saturated carbocycles. The van der Waals surface area contributed by atoms with Gasteiger partial charge < -0.3 is 18.7 Å². The van der Waals surface area contributed by atoms with Crippen LogP contribution in [0, 0.1) is 12.8 Å². The molecule has 1 fully saturated rings. The monoisotopic (exact) mass is 345 g/mol. The van der Waals surface area contributed by atoms with Crippen LogP contribution in [0.15, 0.2) is 23.0 Å². The summed E-state index contributed by atoms with van der Waals surface area (Å²) in [4.78, 5) is 21.5. The molecule has 0 spiro atoms. The van der Waals surface area contributed by atoms with Crippen LogP contribution in [0.3, 0.4) is 0 Å². The fraction of sp³-hybridized carbons (Fsp3) is 0.588. The predicted molar refractivity (Wildman–Crippen MR) is 89.0 cm³/mol. The molecule has 0 unspecified atom stereocenters. The highest BCUT2D eigenvalue weighted by molar-refractivity contribution is 5.92. The Morgan fingerprint density at radius 3 is 2.92 bits per heavy atom. The second kappa shape index (κ2) is 6.97. The van der Waals surface area contributed by atoms with Crippen LogP contribution in [0.1, 0.15) is 22.1 Å². The fourth-order valence-electron chi connectivity index (χ4n) is 3.59. The highest BCUT2D eigenvalue weighted by Gasteiger charge is 2.29. The van der Waals surface area contributed by atoms with Crippen molar-refractivity contribution in [1.82, 2.24) is 24.5 Å². The van der Waals surface area contributed by atoms with Gasteiger partial charge in [-0.2, -0.15) is 0 Å². The number of carbonyl (C=O) groups is 1. The Labute approximate surface area is 146 Å². The van der Waals surface area contributed by atoms with Gasteiger partial charge in [-0.3, -0.25) is 9.69 Å². The molecule has 1 saturated heterocycles. The lowest BCUT2D eigenvalue weighted by molar-refractivity contribution is 0.0263. The zero-order valence-corrected chi connectivity index (χ0v) is 14.4. The average Bonchev–Trinajstić information content (AvgIpc) is 3.20. The molecule has 1 amide bonds. The van der Waals surface area contributed by atoms with Crippen LogP contribution in [0.5, 0.6) is 0 Å². The summed E-state index contributed by atoms with van der Waals surface area (Å²) in [5, 5.41) is 3.89. The maximum atomic E-state index is 12.9. The van der Waals surface area contributed by atoms with Gasteiger partial charge in [-0.25, -0.2) is 4.98 Å². The SMILES string of the molecule is Cc1cc(C(=O)N2Cc3nccn3C[C@@H](CN3CCOCC3)C2)no1. The maximum Gasteiger partial charge on any atom is 0.276 e. The van der Waals surface area contributed by atoms with Crippen LogP contribution in [0.2, 0.25) is 0 Å². The molecule has 0 bridgehead atoms. The highest BCUT2D eigenvalue weighted by atomic mass is 16.5. The molecule has 0 radical (unpaired) electrons. The second-order valence-electron chi connectivity index (χ2n) is 6.78. The zero-order valence-electron chi connectivity index (χ0n) is 14.4. The van der Waals surface area contributed by atoms with Gasteiger partial charge in [-0.1, -0.05) is 5.16 Å². The molecule has 0 N–H and O–H groups in total. The van der Waals surface area contributed by atoms with E-state index in [2.05, 4.69) is 19.6 Å². The summed E-state index contributed by atoms with van der Waals surface area (Å²) in [6.07, 6.45) is 3.80. The molecule has 0 aliphatic carbocycles. The number of nitrogens with zero attached hydrogens (tertiary/aromatic N) is 5. The van der Waals surface area contributed by atoms with E-state index in [9.17, 15) is 4.79 Å². The Bertz CT molecular complexity index is 734. The minimum absolute atomic E-state index is 0.0970. The summed E-state index contributed by atoms with van der Waals surface area (Å²) in [5.74, 6) is 1.80. The van der Waals surface area contributed by atoms with Gasteiger partial charge in [-0.05, 0) is 6.92 Å². The van der Waals surface area contributed by atoms with Gasteiger partial charge in [-0.15, -0.1) is 0 Å². The van der Waals surface area contributed by atoms with Crippen LogP contribution < -0.4 is 0 Å². The van der Waals surface area contributed by atoms with E-state index in [1.54, 1.807) is 19.2 Å². The molecule has 2 aliphatic heterocycles. The van der Waals surface area contributed by atoms with Crippen LogP contribution in [-0.4, -0.2) is 69.8 Å². The Morgan fingerprint density at radius 2 is 2.16 bits per heavy atom. The van der Waals surface area contributed by atoms with Crippen molar-refractivity contribution in [3.05, 3.63) is 35.7 Å². The van der Waals surface area contributed by atoms with Crippen molar-refractivity contribution < 1.29 is 14.1 Å². The van der Waals surface area contributed by atoms with Gasteiger partial charge in [0.25, 0.3) is 5.91 Å². The van der Waals surface area contributed by atoms with E-state index in [4.69, 9.17) is 9.26 Å². The number of fused-ring (bicyclic) bond motifs is 1. The Balaban J connectivity index is 1.53. The van der Waals surface area contributed by atoms with Gasteiger partial charge in [0.15, 0.2) is 5.69 Å². The molecule has 25 heavy (non-hydrogen) atoms. The third-order valence-corrected chi connectivity index (χ3v) is 4.82. The van der Waals surface area contributed by atoms with E-state index >= 15 is 0 Å². The van der Waals surface area contributed by atoms with Crippen molar-refractivity contribution in [3.63, 3.8) is 0 Å². The van der Waals surface area contributed by atoms with Crippen LogP contribution in [0.4, 0.5) is 0 Å². The lowest BCUT2D eigenvalue weighted by Crippen LogP contribution is -2.43. The van der Waals surface area contributed by atoms with Gasteiger partial charge in [0, 0.05) is 57.1 Å². The maximum absolute atomic E-state index is 12.9. The molecule has 0 aromatic carbocycles. The topological polar surface area (TPSA) is 76.6 Å². The number of aryl methyl sites for hydroxylation is 1. The zero-order chi connectivity index (χ0) is 17.2. The molecule has 134 valence electrons. The van der Waals surface area contributed by atoms with E-state index in [1.807, 2.05) is 11.1 Å². The molecule has 8 heteroatoms. The normalized spacial score (nSPS) is 21.8. The number of amides is 1. The first-order valence-electron chi connectivity index (χ1n) is 8.72.